The molecule has 0 radical (unpaired) electrons. The Kier molecular flexibility index (Phi) is 6.79. The maximum Gasteiger partial charge on any atom is 0.315 e. The van der Waals surface area contributed by atoms with Crippen molar-refractivity contribution in [3.8, 4) is 5.75 Å². The molecule has 0 spiro atoms. The van der Waals surface area contributed by atoms with Crippen molar-refractivity contribution in [1.82, 2.24) is 4.31 Å². The first kappa shape index (κ1) is 19.8. The van der Waals surface area contributed by atoms with E-state index >= 15 is 0 Å². The quantitative estimate of drug-likeness (QED) is 0.539. The minimum Gasteiger partial charge on any atom is -0.423 e. The Morgan fingerprint density at radius 3 is 2.50 bits per heavy atom. The summed E-state index contributed by atoms with van der Waals surface area (Å²) < 4.78 is 31.0. The van der Waals surface area contributed by atoms with E-state index in [0.717, 1.165) is 0 Å². The van der Waals surface area contributed by atoms with Crippen LogP contribution in [0.1, 0.15) is 26.2 Å². The SMILES string of the molecule is CCCS(=O)(=O)N1CCCC(C(=O)Oc2c(Cl)cc(Cl)cc2Cl)C1. The summed E-state index contributed by atoms with van der Waals surface area (Å²) in [5.41, 5.74) is 0. The molecule has 24 heavy (non-hydrogen) atoms. The highest BCUT2D eigenvalue weighted by molar-refractivity contribution is 7.89. The second-order valence-electron chi connectivity index (χ2n) is 5.63. The third-order valence-corrected chi connectivity index (χ3v) is 6.56. The number of benzene rings is 1. The van der Waals surface area contributed by atoms with Crippen LogP contribution >= 0.6 is 34.8 Å². The highest BCUT2D eigenvalue weighted by Crippen LogP contribution is 2.36. The molecule has 134 valence electrons. The number of esters is 1. The summed E-state index contributed by atoms with van der Waals surface area (Å²) in [4.78, 5) is 12.4. The molecule has 0 N–H and O–H groups in total. The lowest BCUT2D eigenvalue weighted by molar-refractivity contribution is -0.140. The van der Waals surface area contributed by atoms with E-state index in [2.05, 4.69) is 0 Å². The zero-order chi connectivity index (χ0) is 17.9. The third-order valence-electron chi connectivity index (χ3n) is 3.74. The van der Waals surface area contributed by atoms with Crippen LogP contribution in [0.25, 0.3) is 0 Å². The van der Waals surface area contributed by atoms with Crippen molar-refractivity contribution in [2.75, 3.05) is 18.8 Å². The molecular formula is C15H18Cl3NO4S. The largest absolute Gasteiger partial charge is 0.423 e. The second-order valence-corrected chi connectivity index (χ2v) is 8.97. The minimum absolute atomic E-state index is 0.0428. The van der Waals surface area contributed by atoms with Gasteiger partial charge in [-0.25, -0.2) is 12.7 Å². The highest BCUT2D eigenvalue weighted by Gasteiger charge is 2.33. The summed E-state index contributed by atoms with van der Waals surface area (Å²) in [6, 6.07) is 2.85. The molecule has 1 aromatic rings. The number of nitrogens with zero attached hydrogens (tertiary/aromatic N) is 1. The fraction of sp³-hybridized carbons (Fsp3) is 0.533. The number of piperidine rings is 1. The van der Waals surface area contributed by atoms with Crippen molar-refractivity contribution in [3.63, 3.8) is 0 Å². The van der Waals surface area contributed by atoms with E-state index in [4.69, 9.17) is 39.5 Å². The van der Waals surface area contributed by atoms with Crippen LogP contribution in [-0.4, -0.2) is 37.5 Å². The number of halogens is 3. The molecule has 0 aliphatic carbocycles. The Morgan fingerprint density at radius 1 is 1.29 bits per heavy atom. The van der Waals surface area contributed by atoms with Crippen LogP contribution in [0.5, 0.6) is 5.75 Å². The molecule has 2 rings (SSSR count). The molecule has 1 aromatic carbocycles. The lowest BCUT2D eigenvalue weighted by atomic mass is 10.00. The van der Waals surface area contributed by atoms with Gasteiger partial charge in [0.15, 0.2) is 5.75 Å². The average molecular weight is 415 g/mol. The van der Waals surface area contributed by atoms with Crippen molar-refractivity contribution in [1.29, 1.82) is 0 Å². The number of carbonyl (C=O) groups excluding carboxylic acids is 1. The summed E-state index contributed by atoms with van der Waals surface area (Å²) in [5, 5.41) is 0.596. The topological polar surface area (TPSA) is 63.7 Å². The summed E-state index contributed by atoms with van der Waals surface area (Å²) in [7, 11) is -3.34. The van der Waals surface area contributed by atoms with Gasteiger partial charge in [-0.1, -0.05) is 41.7 Å². The van der Waals surface area contributed by atoms with Crippen LogP contribution in [0.3, 0.4) is 0 Å². The molecule has 1 unspecified atom stereocenters. The van der Waals surface area contributed by atoms with Gasteiger partial charge in [0.05, 0.1) is 21.7 Å². The molecule has 1 atom stereocenters. The third kappa shape index (κ3) is 4.76. The monoisotopic (exact) mass is 413 g/mol. The Morgan fingerprint density at radius 2 is 1.92 bits per heavy atom. The Balaban J connectivity index is 2.10. The lowest BCUT2D eigenvalue weighted by Gasteiger charge is -2.30. The maximum atomic E-state index is 12.4. The smallest absolute Gasteiger partial charge is 0.315 e. The average Bonchev–Trinajstić information content (AvgIpc) is 2.50. The van der Waals surface area contributed by atoms with E-state index in [0.29, 0.717) is 30.8 Å². The molecule has 0 aromatic heterocycles. The Labute approximate surface area is 156 Å². The maximum absolute atomic E-state index is 12.4. The van der Waals surface area contributed by atoms with E-state index in [1.807, 2.05) is 0 Å². The number of hydrogen-bond acceptors (Lipinski definition) is 4. The van der Waals surface area contributed by atoms with Crippen LogP contribution in [0, 0.1) is 5.92 Å². The molecular weight excluding hydrogens is 397 g/mol. The molecule has 1 aliphatic heterocycles. The predicted octanol–water partition coefficient (Wildman–Crippen LogP) is 4.00. The number of carbonyl (C=O) groups is 1. The number of rotatable bonds is 5. The van der Waals surface area contributed by atoms with Crippen molar-refractivity contribution in [2.24, 2.45) is 5.92 Å². The van der Waals surface area contributed by atoms with Gasteiger partial charge in [0, 0.05) is 18.1 Å². The zero-order valence-electron chi connectivity index (χ0n) is 13.1. The zero-order valence-corrected chi connectivity index (χ0v) is 16.2. The molecule has 1 heterocycles. The van der Waals surface area contributed by atoms with E-state index < -0.39 is 21.9 Å². The summed E-state index contributed by atoms with van der Waals surface area (Å²) in [5.74, 6) is -0.976. The van der Waals surface area contributed by atoms with Crippen LogP contribution < -0.4 is 4.74 Å². The van der Waals surface area contributed by atoms with Gasteiger partial charge in [0.2, 0.25) is 10.0 Å². The molecule has 0 amide bonds. The molecule has 0 bridgehead atoms. The van der Waals surface area contributed by atoms with Gasteiger partial charge in [-0.3, -0.25) is 4.79 Å². The number of hydrogen-bond donors (Lipinski definition) is 0. The van der Waals surface area contributed by atoms with E-state index in [1.165, 1.54) is 16.4 Å². The normalized spacial score (nSPS) is 19.2. The minimum atomic E-state index is -3.34. The standard InChI is InChI=1S/C15H18Cl3NO4S/c1-2-6-24(21,22)19-5-3-4-10(9-19)15(20)23-14-12(17)7-11(16)8-13(14)18/h7-8,10H,2-6,9H2,1H3. The highest BCUT2D eigenvalue weighted by atomic mass is 35.5. The van der Waals surface area contributed by atoms with Crippen molar-refractivity contribution >= 4 is 50.8 Å². The van der Waals surface area contributed by atoms with E-state index in [1.54, 1.807) is 6.92 Å². The Bertz CT molecular complexity index is 700. The number of sulfonamides is 1. The first-order valence-corrected chi connectivity index (χ1v) is 10.3. The molecule has 0 saturated carbocycles. The second kappa shape index (κ2) is 8.23. The van der Waals surface area contributed by atoms with Gasteiger partial charge in [-0.05, 0) is 31.4 Å². The van der Waals surface area contributed by atoms with Gasteiger partial charge in [-0.2, -0.15) is 0 Å². The van der Waals surface area contributed by atoms with Gasteiger partial charge in [0.25, 0.3) is 0 Å². The fourth-order valence-electron chi connectivity index (χ4n) is 2.58. The molecule has 9 heteroatoms. The van der Waals surface area contributed by atoms with Crippen LogP contribution in [0.4, 0.5) is 0 Å². The number of ether oxygens (including phenoxy) is 1. The van der Waals surface area contributed by atoms with Crippen molar-refractivity contribution in [3.05, 3.63) is 27.2 Å². The van der Waals surface area contributed by atoms with Gasteiger partial charge in [0.1, 0.15) is 0 Å². The summed E-state index contributed by atoms with van der Waals surface area (Å²) in [6.07, 6.45) is 1.69. The first-order valence-electron chi connectivity index (χ1n) is 7.58. The van der Waals surface area contributed by atoms with E-state index in [9.17, 15) is 13.2 Å². The summed E-state index contributed by atoms with van der Waals surface area (Å²) >= 11 is 17.8. The molecule has 5 nitrogen and oxygen atoms in total. The van der Waals surface area contributed by atoms with Crippen LogP contribution in [0.15, 0.2) is 12.1 Å². The van der Waals surface area contributed by atoms with Gasteiger partial charge >= 0.3 is 5.97 Å². The van der Waals surface area contributed by atoms with Crippen LogP contribution in [0.2, 0.25) is 15.1 Å². The molecule has 1 aliphatic rings. The fourth-order valence-corrected chi connectivity index (χ4v) is 5.07. The first-order chi connectivity index (χ1) is 11.2. The van der Waals surface area contributed by atoms with Gasteiger partial charge < -0.3 is 4.74 Å². The van der Waals surface area contributed by atoms with Crippen molar-refractivity contribution in [2.45, 2.75) is 26.2 Å². The molecule has 1 fully saturated rings. The predicted molar refractivity (Wildman–Crippen MR) is 95.5 cm³/mol. The van der Waals surface area contributed by atoms with Crippen molar-refractivity contribution < 1.29 is 17.9 Å². The Hall–Kier alpha value is -0.530. The van der Waals surface area contributed by atoms with Crippen LogP contribution in [-0.2, 0) is 14.8 Å². The van der Waals surface area contributed by atoms with Gasteiger partial charge in [-0.15, -0.1) is 0 Å². The molecule has 1 saturated heterocycles. The van der Waals surface area contributed by atoms with E-state index in [-0.39, 0.29) is 28.1 Å². The summed E-state index contributed by atoms with van der Waals surface area (Å²) in [6.45, 7) is 2.34. The lowest BCUT2D eigenvalue weighted by Crippen LogP contribution is -2.44.